The standard InChI is InChI=1S/C7H13NO4/c1-2-6(10)12-7(11)5(8)3-4-9/h5,9H,2-4,8H2,1H3/t5-/m0/s1. The van der Waals surface area contributed by atoms with Gasteiger partial charge in [-0.3, -0.25) is 4.79 Å². The monoisotopic (exact) mass is 175 g/mol. The molecule has 0 rings (SSSR count). The van der Waals surface area contributed by atoms with Crippen LogP contribution in [0.2, 0.25) is 0 Å². The molecular weight excluding hydrogens is 162 g/mol. The third kappa shape index (κ3) is 4.05. The van der Waals surface area contributed by atoms with Gasteiger partial charge in [0, 0.05) is 13.0 Å². The lowest BCUT2D eigenvalue weighted by atomic mass is 10.2. The Kier molecular flexibility index (Phi) is 5.23. The van der Waals surface area contributed by atoms with Crippen molar-refractivity contribution in [3.05, 3.63) is 0 Å². The summed E-state index contributed by atoms with van der Waals surface area (Å²) in [6, 6.07) is -0.912. The van der Waals surface area contributed by atoms with Crippen LogP contribution in [-0.2, 0) is 14.3 Å². The van der Waals surface area contributed by atoms with Crippen molar-refractivity contribution in [2.75, 3.05) is 6.61 Å². The molecule has 0 aromatic carbocycles. The van der Waals surface area contributed by atoms with Crippen LogP contribution in [0.4, 0.5) is 0 Å². The van der Waals surface area contributed by atoms with Gasteiger partial charge in [-0.1, -0.05) is 6.92 Å². The second-order valence-electron chi connectivity index (χ2n) is 2.27. The molecular formula is C7H13NO4. The Morgan fingerprint density at radius 3 is 2.58 bits per heavy atom. The highest BCUT2D eigenvalue weighted by atomic mass is 16.6. The van der Waals surface area contributed by atoms with Crippen molar-refractivity contribution in [2.24, 2.45) is 5.73 Å². The van der Waals surface area contributed by atoms with E-state index in [1.807, 2.05) is 0 Å². The summed E-state index contributed by atoms with van der Waals surface area (Å²) in [5.74, 6) is -1.38. The molecule has 0 fully saturated rings. The molecule has 0 amide bonds. The van der Waals surface area contributed by atoms with E-state index in [2.05, 4.69) is 4.74 Å². The predicted molar refractivity (Wildman–Crippen MR) is 41.1 cm³/mol. The van der Waals surface area contributed by atoms with E-state index < -0.39 is 18.0 Å². The molecule has 70 valence electrons. The van der Waals surface area contributed by atoms with Crippen LogP contribution < -0.4 is 5.73 Å². The number of nitrogens with two attached hydrogens (primary N) is 1. The summed E-state index contributed by atoms with van der Waals surface area (Å²) in [5, 5.41) is 8.40. The Bertz CT molecular complexity index is 169. The van der Waals surface area contributed by atoms with Crippen molar-refractivity contribution in [1.29, 1.82) is 0 Å². The average Bonchev–Trinajstić information content (AvgIpc) is 2.04. The highest BCUT2D eigenvalue weighted by Gasteiger charge is 2.16. The van der Waals surface area contributed by atoms with Crippen LogP contribution in [0.3, 0.4) is 0 Å². The van der Waals surface area contributed by atoms with Gasteiger partial charge in [-0.25, -0.2) is 4.79 Å². The van der Waals surface area contributed by atoms with E-state index in [1.54, 1.807) is 6.92 Å². The van der Waals surface area contributed by atoms with Crippen molar-refractivity contribution in [3.63, 3.8) is 0 Å². The molecule has 0 radical (unpaired) electrons. The van der Waals surface area contributed by atoms with E-state index in [0.717, 1.165) is 0 Å². The predicted octanol–water partition coefficient (Wildman–Crippen LogP) is -0.824. The summed E-state index contributed by atoms with van der Waals surface area (Å²) in [6.07, 6.45) is 0.243. The van der Waals surface area contributed by atoms with Gasteiger partial charge in [0.1, 0.15) is 6.04 Å². The van der Waals surface area contributed by atoms with Gasteiger partial charge in [-0.15, -0.1) is 0 Å². The fourth-order valence-electron chi connectivity index (χ4n) is 0.517. The molecule has 0 saturated carbocycles. The van der Waals surface area contributed by atoms with Gasteiger partial charge in [0.05, 0.1) is 0 Å². The fraction of sp³-hybridized carbons (Fsp3) is 0.714. The van der Waals surface area contributed by atoms with Crippen LogP contribution in [0, 0.1) is 0 Å². The lowest BCUT2D eigenvalue weighted by molar-refractivity contribution is -0.160. The van der Waals surface area contributed by atoms with Gasteiger partial charge < -0.3 is 15.6 Å². The van der Waals surface area contributed by atoms with Crippen molar-refractivity contribution in [3.8, 4) is 0 Å². The van der Waals surface area contributed by atoms with Crippen molar-refractivity contribution >= 4 is 11.9 Å². The number of ether oxygens (including phenoxy) is 1. The third-order valence-corrected chi connectivity index (χ3v) is 1.25. The van der Waals surface area contributed by atoms with Crippen molar-refractivity contribution < 1.29 is 19.4 Å². The maximum atomic E-state index is 10.8. The maximum Gasteiger partial charge on any atom is 0.330 e. The number of aliphatic hydroxyl groups excluding tert-OH is 1. The normalized spacial score (nSPS) is 12.2. The number of esters is 2. The van der Waals surface area contributed by atoms with Gasteiger partial charge in [-0.05, 0) is 6.42 Å². The molecule has 12 heavy (non-hydrogen) atoms. The SMILES string of the molecule is CCC(=O)OC(=O)[C@@H](N)CCO. The van der Waals surface area contributed by atoms with Gasteiger partial charge in [0.25, 0.3) is 0 Å². The number of rotatable bonds is 4. The molecule has 5 nitrogen and oxygen atoms in total. The highest BCUT2D eigenvalue weighted by molar-refractivity contribution is 5.88. The summed E-state index contributed by atoms with van der Waals surface area (Å²) in [6.45, 7) is 1.38. The zero-order valence-electron chi connectivity index (χ0n) is 6.95. The summed E-state index contributed by atoms with van der Waals surface area (Å²) >= 11 is 0. The molecule has 0 aliphatic heterocycles. The van der Waals surface area contributed by atoms with Crippen molar-refractivity contribution in [1.82, 2.24) is 0 Å². The third-order valence-electron chi connectivity index (χ3n) is 1.25. The first-order chi connectivity index (χ1) is 5.61. The van der Waals surface area contributed by atoms with Crippen LogP contribution >= 0.6 is 0 Å². The number of hydrogen-bond donors (Lipinski definition) is 2. The quantitative estimate of drug-likeness (QED) is 0.430. The molecule has 0 aliphatic carbocycles. The zero-order valence-corrected chi connectivity index (χ0v) is 6.95. The van der Waals surface area contributed by atoms with Crippen LogP contribution in [0.15, 0.2) is 0 Å². The molecule has 3 N–H and O–H groups in total. The number of carbonyl (C=O) groups is 2. The smallest absolute Gasteiger partial charge is 0.330 e. The Hall–Kier alpha value is -0.940. The Balaban J connectivity index is 3.78. The van der Waals surface area contributed by atoms with Gasteiger partial charge >= 0.3 is 11.9 Å². The van der Waals surface area contributed by atoms with E-state index in [-0.39, 0.29) is 19.4 Å². The molecule has 0 spiro atoms. The lowest BCUT2D eigenvalue weighted by Gasteiger charge is -2.07. The van der Waals surface area contributed by atoms with Crippen LogP contribution in [-0.4, -0.2) is 29.7 Å². The minimum Gasteiger partial charge on any atom is -0.396 e. The lowest BCUT2D eigenvalue weighted by Crippen LogP contribution is -2.34. The minimum absolute atomic E-state index is 0.107. The molecule has 0 aliphatic rings. The summed E-state index contributed by atoms with van der Waals surface area (Å²) in [5.41, 5.74) is 5.24. The minimum atomic E-state index is -0.912. The molecule has 5 heteroatoms. The molecule has 1 atom stereocenters. The van der Waals surface area contributed by atoms with E-state index >= 15 is 0 Å². The molecule has 0 unspecified atom stereocenters. The second-order valence-corrected chi connectivity index (χ2v) is 2.27. The summed E-state index contributed by atoms with van der Waals surface area (Å²) in [4.78, 5) is 21.4. The van der Waals surface area contributed by atoms with Crippen LogP contribution in [0.25, 0.3) is 0 Å². The Labute approximate surface area is 70.5 Å². The highest BCUT2D eigenvalue weighted by Crippen LogP contribution is 1.93. The average molecular weight is 175 g/mol. The molecule has 0 aromatic rings. The molecule has 0 aromatic heterocycles. The number of aliphatic hydroxyl groups is 1. The Morgan fingerprint density at radius 2 is 2.17 bits per heavy atom. The van der Waals surface area contributed by atoms with E-state index in [0.29, 0.717) is 0 Å². The van der Waals surface area contributed by atoms with Gasteiger partial charge in [0.15, 0.2) is 0 Å². The van der Waals surface area contributed by atoms with E-state index in [4.69, 9.17) is 10.8 Å². The van der Waals surface area contributed by atoms with E-state index in [1.165, 1.54) is 0 Å². The van der Waals surface area contributed by atoms with Crippen LogP contribution in [0.5, 0.6) is 0 Å². The first-order valence-corrected chi connectivity index (χ1v) is 3.72. The van der Waals surface area contributed by atoms with E-state index in [9.17, 15) is 9.59 Å². The first-order valence-electron chi connectivity index (χ1n) is 3.72. The maximum absolute atomic E-state index is 10.8. The van der Waals surface area contributed by atoms with Gasteiger partial charge in [0.2, 0.25) is 0 Å². The molecule has 0 heterocycles. The second kappa shape index (κ2) is 5.68. The first kappa shape index (κ1) is 11.1. The number of hydrogen-bond acceptors (Lipinski definition) is 5. The van der Waals surface area contributed by atoms with Crippen molar-refractivity contribution in [2.45, 2.75) is 25.8 Å². The number of carbonyl (C=O) groups excluding carboxylic acids is 2. The molecule has 0 bridgehead atoms. The van der Waals surface area contributed by atoms with Crippen LogP contribution in [0.1, 0.15) is 19.8 Å². The Morgan fingerprint density at radius 1 is 1.58 bits per heavy atom. The fourth-order valence-corrected chi connectivity index (χ4v) is 0.517. The summed E-state index contributed by atoms with van der Waals surface area (Å²) < 4.78 is 4.30. The topological polar surface area (TPSA) is 89.6 Å². The largest absolute Gasteiger partial charge is 0.396 e. The molecule has 0 saturated heterocycles. The summed E-state index contributed by atoms with van der Waals surface area (Å²) in [7, 11) is 0. The zero-order chi connectivity index (χ0) is 9.56. The van der Waals surface area contributed by atoms with Gasteiger partial charge in [-0.2, -0.15) is 0 Å².